The van der Waals surface area contributed by atoms with E-state index in [0.717, 1.165) is 17.7 Å². The molecule has 0 amide bonds. The number of phenols is 1. The van der Waals surface area contributed by atoms with Gasteiger partial charge in [0, 0.05) is 19.0 Å². The predicted octanol–water partition coefficient (Wildman–Crippen LogP) is 1.54. The van der Waals surface area contributed by atoms with E-state index in [0.29, 0.717) is 13.0 Å². The van der Waals surface area contributed by atoms with Gasteiger partial charge in [0.25, 0.3) is 0 Å². The molecule has 0 saturated heterocycles. The molecule has 4 heteroatoms. The molecular formula is C14H19NO3. The van der Waals surface area contributed by atoms with Crippen LogP contribution in [0, 0.1) is 0 Å². The lowest BCUT2D eigenvalue weighted by Crippen LogP contribution is -2.35. The van der Waals surface area contributed by atoms with E-state index in [4.69, 9.17) is 4.74 Å². The SMILES string of the molecule is COC1=CC(O)CC(NCc2cccc(O)c2)C1. The van der Waals surface area contributed by atoms with Crippen LogP contribution in [0.1, 0.15) is 18.4 Å². The summed E-state index contributed by atoms with van der Waals surface area (Å²) >= 11 is 0. The van der Waals surface area contributed by atoms with Crippen LogP contribution in [0.5, 0.6) is 5.75 Å². The third kappa shape index (κ3) is 3.48. The van der Waals surface area contributed by atoms with Crippen molar-refractivity contribution < 1.29 is 14.9 Å². The normalized spacial score (nSPS) is 23.6. The highest BCUT2D eigenvalue weighted by Gasteiger charge is 2.21. The van der Waals surface area contributed by atoms with Gasteiger partial charge in [-0.25, -0.2) is 0 Å². The molecule has 0 aliphatic heterocycles. The van der Waals surface area contributed by atoms with Crippen LogP contribution in [0.3, 0.4) is 0 Å². The highest BCUT2D eigenvalue weighted by Crippen LogP contribution is 2.20. The first-order valence-corrected chi connectivity index (χ1v) is 6.11. The molecule has 0 spiro atoms. The van der Waals surface area contributed by atoms with Crippen LogP contribution < -0.4 is 5.32 Å². The van der Waals surface area contributed by atoms with Crippen molar-refractivity contribution in [2.45, 2.75) is 31.5 Å². The highest BCUT2D eigenvalue weighted by atomic mass is 16.5. The van der Waals surface area contributed by atoms with Gasteiger partial charge in [-0.2, -0.15) is 0 Å². The summed E-state index contributed by atoms with van der Waals surface area (Å²) in [5, 5.41) is 22.4. The second-order valence-electron chi connectivity index (χ2n) is 4.59. The molecule has 0 radical (unpaired) electrons. The fourth-order valence-corrected chi connectivity index (χ4v) is 2.20. The summed E-state index contributed by atoms with van der Waals surface area (Å²) in [6, 6.07) is 7.36. The minimum absolute atomic E-state index is 0.197. The van der Waals surface area contributed by atoms with Crippen LogP contribution in [0.4, 0.5) is 0 Å². The van der Waals surface area contributed by atoms with Gasteiger partial charge in [-0.3, -0.25) is 0 Å². The molecule has 2 atom stereocenters. The van der Waals surface area contributed by atoms with E-state index in [2.05, 4.69) is 5.32 Å². The summed E-state index contributed by atoms with van der Waals surface area (Å²) in [4.78, 5) is 0. The fraction of sp³-hybridized carbons (Fsp3) is 0.429. The number of hydrogen-bond donors (Lipinski definition) is 3. The molecule has 0 saturated carbocycles. The van der Waals surface area contributed by atoms with E-state index in [-0.39, 0.29) is 11.8 Å². The number of hydrogen-bond acceptors (Lipinski definition) is 4. The molecule has 18 heavy (non-hydrogen) atoms. The highest BCUT2D eigenvalue weighted by molar-refractivity contribution is 5.27. The molecule has 1 aromatic rings. The average Bonchev–Trinajstić information content (AvgIpc) is 2.36. The minimum Gasteiger partial charge on any atom is -0.508 e. The van der Waals surface area contributed by atoms with E-state index in [1.165, 1.54) is 0 Å². The third-order valence-electron chi connectivity index (χ3n) is 3.12. The van der Waals surface area contributed by atoms with Gasteiger partial charge in [-0.15, -0.1) is 0 Å². The van der Waals surface area contributed by atoms with Crippen molar-refractivity contribution in [3.63, 3.8) is 0 Å². The van der Waals surface area contributed by atoms with Crippen LogP contribution in [0.25, 0.3) is 0 Å². The lowest BCUT2D eigenvalue weighted by Gasteiger charge is -2.26. The molecule has 1 aromatic carbocycles. The van der Waals surface area contributed by atoms with Gasteiger partial charge >= 0.3 is 0 Å². The number of aliphatic hydroxyl groups is 1. The standard InChI is InChI=1S/C14H19NO3/c1-18-14-7-11(6-13(17)8-14)15-9-10-3-2-4-12(16)5-10/h2-5,8,11,13,15-17H,6-7,9H2,1H3. The van der Waals surface area contributed by atoms with Crippen LogP contribution in [-0.2, 0) is 11.3 Å². The van der Waals surface area contributed by atoms with Crippen LogP contribution in [0.2, 0.25) is 0 Å². The zero-order valence-corrected chi connectivity index (χ0v) is 10.5. The zero-order chi connectivity index (χ0) is 13.0. The summed E-state index contributed by atoms with van der Waals surface area (Å²) in [7, 11) is 1.62. The average molecular weight is 249 g/mol. The zero-order valence-electron chi connectivity index (χ0n) is 10.5. The van der Waals surface area contributed by atoms with Crippen molar-refractivity contribution in [3.8, 4) is 5.75 Å². The molecule has 0 bridgehead atoms. The summed E-state index contributed by atoms with van der Waals surface area (Å²) in [6.45, 7) is 0.669. The molecule has 98 valence electrons. The number of ether oxygens (including phenoxy) is 1. The Morgan fingerprint density at radius 2 is 2.28 bits per heavy atom. The molecule has 0 heterocycles. The molecule has 1 aliphatic carbocycles. The summed E-state index contributed by atoms with van der Waals surface area (Å²) in [5.41, 5.74) is 1.03. The van der Waals surface area contributed by atoms with E-state index < -0.39 is 6.10 Å². The Hall–Kier alpha value is -1.52. The van der Waals surface area contributed by atoms with Crippen molar-refractivity contribution in [1.29, 1.82) is 0 Å². The molecule has 2 rings (SSSR count). The second kappa shape index (κ2) is 5.89. The van der Waals surface area contributed by atoms with Crippen molar-refractivity contribution in [2.24, 2.45) is 0 Å². The van der Waals surface area contributed by atoms with E-state index in [1.54, 1.807) is 25.3 Å². The van der Waals surface area contributed by atoms with Gasteiger partial charge < -0.3 is 20.3 Å². The topological polar surface area (TPSA) is 61.7 Å². The molecule has 2 unspecified atom stereocenters. The summed E-state index contributed by atoms with van der Waals surface area (Å²) < 4.78 is 5.18. The maximum atomic E-state index is 9.69. The van der Waals surface area contributed by atoms with Gasteiger partial charge in [0.1, 0.15) is 5.75 Å². The van der Waals surface area contributed by atoms with E-state index in [1.807, 2.05) is 12.1 Å². The lowest BCUT2D eigenvalue weighted by molar-refractivity contribution is 0.156. The maximum absolute atomic E-state index is 9.69. The number of rotatable bonds is 4. The first kappa shape index (κ1) is 12.9. The predicted molar refractivity (Wildman–Crippen MR) is 69.1 cm³/mol. The minimum atomic E-state index is -0.449. The molecule has 3 N–H and O–H groups in total. The van der Waals surface area contributed by atoms with Gasteiger partial charge in [-0.1, -0.05) is 12.1 Å². The summed E-state index contributed by atoms with van der Waals surface area (Å²) in [6.07, 6.45) is 2.78. The quantitative estimate of drug-likeness (QED) is 0.757. The molecule has 4 nitrogen and oxygen atoms in total. The van der Waals surface area contributed by atoms with E-state index in [9.17, 15) is 10.2 Å². The van der Waals surface area contributed by atoms with Crippen LogP contribution in [-0.4, -0.2) is 29.5 Å². The van der Waals surface area contributed by atoms with Crippen molar-refractivity contribution >= 4 is 0 Å². The summed E-state index contributed by atoms with van der Waals surface area (Å²) in [5.74, 6) is 1.10. The first-order chi connectivity index (χ1) is 8.67. The number of benzene rings is 1. The Morgan fingerprint density at radius 3 is 3.00 bits per heavy atom. The van der Waals surface area contributed by atoms with Crippen LogP contribution in [0.15, 0.2) is 36.1 Å². The largest absolute Gasteiger partial charge is 0.508 e. The van der Waals surface area contributed by atoms with Gasteiger partial charge in [-0.05, 0) is 30.2 Å². The van der Waals surface area contributed by atoms with Gasteiger partial charge in [0.15, 0.2) is 0 Å². The Labute approximate surface area is 107 Å². The Morgan fingerprint density at radius 1 is 1.44 bits per heavy atom. The number of phenolic OH excluding ortho intramolecular Hbond substituents is 1. The molecule has 1 aliphatic rings. The first-order valence-electron chi connectivity index (χ1n) is 6.11. The Bertz CT molecular complexity index is 431. The Balaban J connectivity index is 1.89. The maximum Gasteiger partial charge on any atom is 0.115 e. The number of methoxy groups -OCH3 is 1. The number of aliphatic hydroxyl groups excluding tert-OH is 1. The molecule has 0 aromatic heterocycles. The Kier molecular flexibility index (Phi) is 4.23. The van der Waals surface area contributed by atoms with Gasteiger partial charge in [0.2, 0.25) is 0 Å². The van der Waals surface area contributed by atoms with Crippen molar-refractivity contribution in [3.05, 3.63) is 41.7 Å². The van der Waals surface area contributed by atoms with Crippen LogP contribution >= 0.6 is 0 Å². The monoisotopic (exact) mass is 249 g/mol. The third-order valence-corrected chi connectivity index (χ3v) is 3.12. The number of aromatic hydroxyl groups is 1. The fourth-order valence-electron chi connectivity index (χ4n) is 2.20. The number of nitrogens with one attached hydrogen (secondary N) is 1. The second-order valence-corrected chi connectivity index (χ2v) is 4.59. The molecular weight excluding hydrogens is 230 g/mol. The van der Waals surface area contributed by atoms with Crippen molar-refractivity contribution in [1.82, 2.24) is 5.32 Å². The smallest absolute Gasteiger partial charge is 0.115 e. The lowest BCUT2D eigenvalue weighted by atomic mass is 9.97. The van der Waals surface area contributed by atoms with Crippen molar-refractivity contribution in [2.75, 3.05) is 7.11 Å². The molecule has 0 fully saturated rings. The van der Waals surface area contributed by atoms with Gasteiger partial charge in [0.05, 0.1) is 19.0 Å². The van der Waals surface area contributed by atoms with E-state index >= 15 is 0 Å².